The summed E-state index contributed by atoms with van der Waals surface area (Å²) in [6.45, 7) is 1.46. The van der Waals surface area contributed by atoms with Crippen LogP contribution in [0, 0.1) is 18.8 Å². The number of halogens is 3. The molecule has 13 nitrogen and oxygen atoms in total. The summed E-state index contributed by atoms with van der Waals surface area (Å²) < 4.78 is 41.0. The first-order chi connectivity index (χ1) is 22.2. The van der Waals surface area contributed by atoms with Gasteiger partial charge in [-0.3, -0.25) is 19.3 Å². The van der Waals surface area contributed by atoms with E-state index in [4.69, 9.17) is 5.73 Å². The number of nitrogens with zero attached hydrogens (tertiary/aromatic N) is 2. The van der Waals surface area contributed by atoms with Gasteiger partial charge < -0.3 is 41.7 Å². The fourth-order valence-corrected chi connectivity index (χ4v) is 7.06. The number of benzene rings is 2. The molecule has 8 N–H and O–H groups in total. The van der Waals surface area contributed by atoms with Gasteiger partial charge in [0.05, 0.1) is 28.5 Å². The maximum absolute atomic E-state index is 14.1. The smallest absolute Gasteiger partial charge is 0.418 e. The molecule has 2 aromatic rings. The normalized spacial score (nSPS) is 23.8. The first-order valence-electron chi connectivity index (χ1n) is 14.7. The molecular formula is C32H34F3N5O8. The Labute approximate surface area is 272 Å². The number of likely N-dealkylation sites (N-methyl/N-ethyl adjacent to an activating group) is 1. The van der Waals surface area contributed by atoms with Gasteiger partial charge in [0.1, 0.15) is 17.1 Å². The highest BCUT2D eigenvalue weighted by molar-refractivity contribution is 6.24. The molecule has 1 fully saturated rings. The number of rotatable bonds is 5. The number of phenols is 1. The minimum Gasteiger partial charge on any atom is -0.508 e. The molecule has 0 unspecified atom stereocenters. The Kier molecular flexibility index (Phi) is 8.25. The fraction of sp³-hybridized carbons (Fsp3) is 0.375. The van der Waals surface area contributed by atoms with E-state index in [2.05, 4.69) is 10.6 Å². The maximum atomic E-state index is 14.1. The number of nitrogens with two attached hydrogens (primary N) is 1. The molecular weight excluding hydrogens is 639 g/mol. The summed E-state index contributed by atoms with van der Waals surface area (Å²) >= 11 is 0. The van der Waals surface area contributed by atoms with Gasteiger partial charge in [-0.2, -0.15) is 13.2 Å². The highest BCUT2D eigenvalue weighted by Crippen LogP contribution is 2.54. The first kappa shape index (κ1) is 34.3. The number of fused-ring (bicyclic) bond motifs is 3. The molecule has 0 bridgehead atoms. The topological polar surface area (TPSA) is 206 Å². The van der Waals surface area contributed by atoms with Crippen LogP contribution < -0.4 is 21.3 Å². The van der Waals surface area contributed by atoms with Crippen LogP contribution in [0.1, 0.15) is 28.7 Å². The first-order valence-corrected chi connectivity index (χ1v) is 14.7. The maximum Gasteiger partial charge on any atom is 0.418 e. The molecule has 0 aliphatic heterocycles. The molecule has 3 amide bonds. The van der Waals surface area contributed by atoms with E-state index in [9.17, 15) is 52.8 Å². The minimum absolute atomic E-state index is 0.0135. The summed E-state index contributed by atoms with van der Waals surface area (Å²) in [5, 5.41) is 50.2. The molecule has 0 heterocycles. The van der Waals surface area contributed by atoms with Crippen LogP contribution >= 0.6 is 0 Å². The molecule has 3 aliphatic rings. The van der Waals surface area contributed by atoms with E-state index in [1.807, 2.05) is 0 Å². The average Bonchev–Trinajstić information content (AvgIpc) is 2.96. The quantitative estimate of drug-likeness (QED) is 0.183. The number of hydrogen-bond donors (Lipinski definition) is 7. The molecule has 0 radical (unpaired) electrons. The number of amides is 3. The lowest BCUT2D eigenvalue weighted by molar-refractivity contribution is -0.153. The summed E-state index contributed by atoms with van der Waals surface area (Å²) in [5.74, 6) is -8.34. The van der Waals surface area contributed by atoms with E-state index in [-0.39, 0.29) is 24.1 Å². The lowest BCUT2D eigenvalue weighted by Crippen LogP contribution is -2.65. The van der Waals surface area contributed by atoms with Crippen LogP contribution in [0.5, 0.6) is 5.75 Å². The molecule has 3 aliphatic carbocycles. The zero-order valence-electron chi connectivity index (χ0n) is 26.5. The van der Waals surface area contributed by atoms with Gasteiger partial charge in [-0.15, -0.1) is 0 Å². The number of alkyl halides is 3. The van der Waals surface area contributed by atoms with Crippen molar-refractivity contribution < 1.29 is 52.8 Å². The van der Waals surface area contributed by atoms with Gasteiger partial charge in [0.15, 0.2) is 17.1 Å². The zero-order valence-corrected chi connectivity index (χ0v) is 26.5. The van der Waals surface area contributed by atoms with Crippen LogP contribution in [0.3, 0.4) is 0 Å². The third-order valence-electron chi connectivity index (χ3n) is 9.16. The van der Waals surface area contributed by atoms with E-state index in [1.165, 1.54) is 38.1 Å². The largest absolute Gasteiger partial charge is 0.508 e. The third-order valence-corrected chi connectivity index (χ3v) is 9.16. The van der Waals surface area contributed by atoms with Crippen molar-refractivity contribution in [3.63, 3.8) is 0 Å². The van der Waals surface area contributed by atoms with E-state index < -0.39 is 92.8 Å². The van der Waals surface area contributed by atoms with Gasteiger partial charge in [-0.1, -0.05) is 11.6 Å². The highest BCUT2D eigenvalue weighted by atomic mass is 19.4. The number of anilines is 3. The van der Waals surface area contributed by atoms with Gasteiger partial charge in [-0.25, -0.2) is 4.79 Å². The van der Waals surface area contributed by atoms with Crippen LogP contribution in [0.2, 0.25) is 0 Å². The fourth-order valence-electron chi connectivity index (χ4n) is 7.06. The van der Waals surface area contributed by atoms with Gasteiger partial charge in [-0.05, 0) is 63.5 Å². The number of aliphatic hydroxyl groups excluding tert-OH is 2. The number of aliphatic hydroxyl groups is 3. The lowest BCUT2D eigenvalue weighted by atomic mass is 9.57. The SMILES string of the molecule is Cc1ccc(NC(=O)Nc2cc(N(C)C)c3c(c2O)C(O)=C2C(=O)[C@]4(O)C(O)=C(C(N)=O)C(=O)[C@@H](N(C)C)[C@@H]4C[C@@H]2C3)c(C(F)(F)F)c1. The Balaban J connectivity index is 1.62. The summed E-state index contributed by atoms with van der Waals surface area (Å²) in [6.07, 6.45) is -4.93. The van der Waals surface area contributed by atoms with Crippen molar-refractivity contribution in [3.8, 4) is 5.75 Å². The second kappa shape index (κ2) is 11.6. The molecule has 48 heavy (non-hydrogen) atoms. The Bertz CT molecular complexity index is 1850. The molecule has 0 aromatic heterocycles. The van der Waals surface area contributed by atoms with E-state index in [0.29, 0.717) is 16.8 Å². The summed E-state index contributed by atoms with van der Waals surface area (Å²) in [4.78, 5) is 55.5. The molecule has 1 saturated carbocycles. The Morgan fingerprint density at radius 1 is 1.02 bits per heavy atom. The number of aryl methyl sites for hydroxylation is 1. The van der Waals surface area contributed by atoms with Crippen LogP contribution in [0.25, 0.3) is 5.76 Å². The molecule has 16 heteroatoms. The summed E-state index contributed by atoms with van der Waals surface area (Å²) in [7, 11) is 6.22. The number of ketones is 2. The predicted octanol–water partition coefficient (Wildman–Crippen LogP) is 3.00. The van der Waals surface area contributed by atoms with Crippen molar-refractivity contribution in [3.05, 3.63) is 63.4 Å². The third kappa shape index (κ3) is 5.20. The van der Waals surface area contributed by atoms with Crippen LogP contribution in [0.4, 0.5) is 35.0 Å². The second-order valence-electron chi connectivity index (χ2n) is 12.6. The number of phenolic OH excluding ortho intramolecular Hbond substituents is 1. The molecule has 0 spiro atoms. The Morgan fingerprint density at radius 2 is 1.65 bits per heavy atom. The van der Waals surface area contributed by atoms with E-state index in [0.717, 1.165) is 12.1 Å². The Morgan fingerprint density at radius 3 is 2.21 bits per heavy atom. The second-order valence-corrected chi connectivity index (χ2v) is 12.6. The molecule has 5 rings (SSSR count). The molecule has 0 saturated heterocycles. The number of Topliss-reactive ketones (excluding diaryl/α,β-unsaturated/α-hetero) is 2. The number of primary amides is 1. The number of hydrogen-bond acceptors (Lipinski definition) is 10. The van der Waals surface area contributed by atoms with Crippen molar-refractivity contribution in [2.24, 2.45) is 17.6 Å². The average molecular weight is 674 g/mol. The zero-order chi connectivity index (χ0) is 35.8. The molecule has 256 valence electrons. The van der Waals surface area contributed by atoms with Crippen molar-refractivity contribution in [2.45, 2.75) is 37.6 Å². The lowest BCUT2D eigenvalue weighted by Gasteiger charge is -2.50. The van der Waals surface area contributed by atoms with E-state index in [1.54, 1.807) is 19.0 Å². The number of urea groups is 1. The van der Waals surface area contributed by atoms with Gasteiger partial charge in [0, 0.05) is 31.3 Å². The molecule has 4 atom stereocenters. The number of carbonyl (C=O) groups excluding carboxylic acids is 4. The Hall–Kier alpha value is -5.09. The van der Waals surface area contributed by atoms with Crippen LogP contribution in [0.15, 0.2) is 41.2 Å². The van der Waals surface area contributed by atoms with Crippen molar-refractivity contribution in [2.75, 3.05) is 43.7 Å². The summed E-state index contributed by atoms with van der Waals surface area (Å²) in [5.41, 5.74) is -0.156. The standard InChI is InChI=1S/C32H34F3N5O8/c1-12-6-7-17(15(8-12)32(33,34)35)37-30(47)38-18-11-19(39(2)3)14-9-13-10-16-23(40(4)5)26(43)22(29(36)46)28(45)31(16,48)27(44)20(13)25(42)21(14)24(18)41/h6-8,11,13,16,23,41-42,45,48H,9-10H2,1-5H3,(H2,36,46)(H2,37,38,47)/t13-,16-,23-,31-/m0/s1. The van der Waals surface area contributed by atoms with Crippen LogP contribution in [-0.2, 0) is 27.0 Å². The number of aromatic hydroxyl groups is 1. The van der Waals surface area contributed by atoms with Gasteiger partial charge in [0.25, 0.3) is 5.91 Å². The van der Waals surface area contributed by atoms with Crippen molar-refractivity contribution >= 4 is 46.3 Å². The minimum atomic E-state index is -4.79. The highest BCUT2D eigenvalue weighted by Gasteiger charge is 2.64. The number of nitrogens with one attached hydrogen (secondary N) is 2. The predicted molar refractivity (Wildman–Crippen MR) is 167 cm³/mol. The van der Waals surface area contributed by atoms with Crippen molar-refractivity contribution in [1.29, 1.82) is 0 Å². The van der Waals surface area contributed by atoms with Gasteiger partial charge in [0.2, 0.25) is 5.78 Å². The molecule has 2 aromatic carbocycles. The van der Waals surface area contributed by atoms with Crippen LogP contribution in [-0.4, -0.2) is 88.7 Å². The summed E-state index contributed by atoms with van der Waals surface area (Å²) in [6, 6.07) is 2.23. The number of carbonyl (C=O) groups is 4. The monoisotopic (exact) mass is 673 g/mol. The van der Waals surface area contributed by atoms with Gasteiger partial charge >= 0.3 is 12.2 Å². The van der Waals surface area contributed by atoms with Crippen molar-refractivity contribution in [1.82, 2.24) is 4.90 Å². The van der Waals surface area contributed by atoms with E-state index >= 15 is 0 Å².